The molecule has 1 rings (SSSR count). The van der Waals surface area contributed by atoms with Gasteiger partial charge in [0.25, 0.3) is 0 Å². The minimum Gasteiger partial charge on any atom is -0.458 e. The van der Waals surface area contributed by atoms with Gasteiger partial charge in [0.05, 0.1) is 6.10 Å². The molecule has 1 amide bonds. The van der Waals surface area contributed by atoms with Gasteiger partial charge in [0.15, 0.2) is 0 Å². The van der Waals surface area contributed by atoms with Crippen LogP contribution in [-0.2, 0) is 19.0 Å². The van der Waals surface area contributed by atoms with Crippen LogP contribution in [-0.4, -0.2) is 42.5 Å². The van der Waals surface area contributed by atoms with E-state index in [1.165, 1.54) is 12.8 Å². The molecule has 0 bridgehead atoms. The monoisotopic (exact) mass is 343 g/mol. The summed E-state index contributed by atoms with van der Waals surface area (Å²) in [6.07, 6.45) is 3.17. The first-order valence-electron chi connectivity index (χ1n) is 8.94. The predicted molar refractivity (Wildman–Crippen MR) is 91.8 cm³/mol. The SMILES string of the molecule is CCC[C@@H](OCC1CC1)[C@H](C)OC(=O)[C@H](C)NC(=O)OC(C)(C)C. The summed E-state index contributed by atoms with van der Waals surface area (Å²) >= 11 is 0. The van der Waals surface area contributed by atoms with E-state index in [2.05, 4.69) is 12.2 Å². The Hall–Kier alpha value is -1.30. The number of carbonyl (C=O) groups is 2. The number of ether oxygens (including phenoxy) is 3. The van der Waals surface area contributed by atoms with Crippen molar-refractivity contribution in [2.45, 2.75) is 91.1 Å². The largest absolute Gasteiger partial charge is 0.458 e. The van der Waals surface area contributed by atoms with Gasteiger partial charge in [0.1, 0.15) is 17.7 Å². The zero-order chi connectivity index (χ0) is 18.3. The van der Waals surface area contributed by atoms with Crippen molar-refractivity contribution < 1.29 is 23.8 Å². The molecule has 1 N–H and O–H groups in total. The van der Waals surface area contributed by atoms with Crippen LogP contribution in [0.5, 0.6) is 0 Å². The molecule has 3 atom stereocenters. The van der Waals surface area contributed by atoms with Crippen molar-refractivity contribution in [2.24, 2.45) is 5.92 Å². The Kier molecular flexibility index (Phi) is 8.00. The molecule has 1 aliphatic carbocycles. The number of hydrogen-bond donors (Lipinski definition) is 1. The first-order valence-corrected chi connectivity index (χ1v) is 8.94. The van der Waals surface area contributed by atoms with Crippen LogP contribution < -0.4 is 5.32 Å². The van der Waals surface area contributed by atoms with Crippen molar-refractivity contribution in [1.29, 1.82) is 0 Å². The van der Waals surface area contributed by atoms with Crippen molar-refractivity contribution >= 4 is 12.1 Å². The van der Waals surface area contributed by atoms with Gasteiger partial charge in [0.2, 0.25) is 0 Å². The van der Waals surface area contributed by atoms with Crippen LogP contribution >= 0.6 is 0 Å². The van der Waals surface area contributed by atoms with Crippen LogP contribution in [0.2, 0.25) is 0 Å². The maximum Gasteiger partial charge on any atom is 0.408 e. The summed E-state index contributed by atoms with van der Waals surface area (Å²) in [5, 5.41) is 2.50. The standard InChI is InChI=1S/C18H33NO5/c1-7-8-15(22-11-14-9-10-14)13(3)23-16(20)12(2)19-17(21)24-18(4,5)6/h12-15H,7-11H2,1-6H3,(H,19,21)/t12-,13-,15+/m0/s1. The van der Waals surface area contributed by atoms with E-state index >= 15 is 0 Å². The van der Waals surface area contributed by atoms with Gasteiger partial charge >= 0.3 is 12.1 Å². The van der Waals surface area contributed by atoms with Crippen molar-refractivity contribution in [2.75, 3.05) is 6.61 Å². The predicted octanol–water partition coefficient (Wildman–Crippen LogP) is 3.43. The van der Waals surface area contributed by atoms with Gasteiger partial charge in [-0.2, -0.15) is 0 Å². The summed E-state index contributed by atoms with van der Waals surface area (Å²) in [7, 11) is 0. The third-order valence-corrected chi connectivity index (χ3v) is 3.73. The molecule has 0 spiro atoms. The number of carbonyl (C=O) groups excluding carboxylic acids is 2. The maximum absolute atomic E-state index is 12.2. The van der Waals surface area contributed by atoms with Gasteiger partial charge in [-0.25, -0.2) is 9.59 Å². The minimum absolute atomic E-state index is 0.103. The molecule has 1 saturated carbocycles. The fraction of sp³-hybridized carbons (Fsp3) is 0.889. The van der Waals surface area contributed by atoms with E-state index in [1.54, 1.807) is 27.7 Å². The topological polar surface area (TPSA) is 73.9 Å². The molecule has 6 nitrogen and oxygen atoms in total. The van der Waals surface area contributed by atoms with E-state index in [4.69, 9.17) is 14.2 Å². The summed E-state index contributed by atoms with van der Waals surface area (Å²) < 4.78 is 16.5. The van der Waals surface area contributed by atoms with Gasteiger partial charge in [0, 0.05) is 6.61 Å². The molecule has 140 valence electrons. The highest BCUT2D eigenvalue weighted by atomic mass is 16.6. The molecular formula is C18H33NO5. The van der Waals surface area contributed by atoms with Crippen LogP contribution in [0.15, 0.2) is 0 Å². The second kappa shape index (κ2) is 9.25. The third-order valence-electron chi connectivity index (χ3n) is 3.73. The number of esters is 1. The van der Waals surface area contributed by atoms with Gasteiger partial charge in [-0.1, -0.05) is 13.3 Å². The normalized spacial score (nSPS) is 18.4. The van der Waals surface area contributed by atoms with Crippen LogP contribution in [0.4, 0.5) is 4.79 Å². The van der Waals surface area contributed by atoms with Crippen LogP contribution in [0.1, 0.15) is 67.2 Å². The average Bonchev–Trinajstić information content (AvgIpc) is 3.24. The number of nitrogens with one attached hydrogen (secondary N) is 1. The number of alkyl carbamates (subject to hydrolysis) is 1. The molecule has 24 heavy (non-hydrogen) atoms. The second-order valence-corrected chi connectivity index (χ2v) is 7.61. The van der Waals surface area contributed by atoms with E-state index in [-0.39, 0.29) is 12.2 Å². The van der Waals surface area contributed by atoms with Crippen molar-refractivity contribution in [1.82, 2.24) is 5.32 Å². The molecule has 1 aliphatic rings. The fourth-order valence-electron chi connectivity index (χ4n) is 2.19. The molecule has 1 fully saturated rings. The second-order valence-electron chi connectivity index (χ2n) is 7.61. The zero-order valence-electron chi connectivity index (χ0n) is 15.9. The Labute approximate surface area is 145 Å². The molecule has 6 heteroatoms. The lowest BCUT2D eigenvalue weighted by molar-refractivity contribution is -0.158. The number of rotatable bonds is 9. The molecule has 0 unspecified atom stereocenters. The van der Waals surface area contributed by atoms with Gasteiger partial charge < -0.3 is 19.5 Å². The van der Waals surface area contributed by atoms with Gasteiger partial charge in [-0.15, -0.1) is 0 Å². The average molecular weight is 343 g/mol. The van der Waals surface area contributed by atoms with E-state index < -0.39 is 23.7 Å². The highest BCUT2D eigenvalue weighted by molar-refractivity contribution is 5.81. The molecule has 0 aromatic carbocycles. The van der Waals surface area contributed by atoms with Gasteiger partial charge in [-0.05, 0) is 59.8 Å². The van der Waals surface area contributed by atoms with Crippen molar-refractivity contribution in [3.63, 3.8) is 0 Å². The Morgan fingerprint density at radius 2 is 1.83 bits per heavy atom. The van der Waals surface area contributed by atoms with Crippen LogP contribution in [0.25, 0.3) is 0 Å². The van der Waals surface area contributed by atoms with E-state index in [0.29, 0.717) is 5.92 Å². The summed E-state index contributed by atoms with van der Waals surface area (Å²) in [5.41, 5.74) is -0.607. The summed E-state index contributed by atoms with van der Waals surface area (Å²) in [6.45, 7) is 11.5. The molecule has 0 radical (unpaired) electrons. The zero-order valence-corrected chi connectivity index (χ0v) is 15.9. The lowest BCUT2D eigenvalue weighted by Crippen LogP contribution is -2.44. The number of hydrogen-bond acceptors (Lipinski definition) is 5. The lowest BCUT2D eigenvalue weighted by Gasteiger charge is -2.26. The molecule has 0 heterocycles. The maximum atomic E-state index is 12.2. The van der Waals surface area contributed by atoms with Crippen molar-refractivity contribution in [3.05, 3.63) is 0 Å². The summed E-state index contributed by atoms with van der Waals surface area (Å²) in [4.78, 5) is 23.9. The lowest BCUT2D eigenvalue weighted by atomic mass is 10.1. The Morgan fingerprint density at radius 3 is 2.33 bits per heavy atom. The molecule has 0 saturated heterocycles. The molecular weight excluding hydrogens is 310 g/mol. The van der Waals surface area contributed by atoms with Crippen LogP contribution in [0, 0.1) is 5.92 Å². The van der Waals surface area contributed by atoms with E-state index in [0.717, 1.165) is 19.4 Å². The molecule has 0 aliphatic heterocycles. The minimum atomic E-state index is -0.770. The smallest absolute Gasteiger partial charge is 0.408 e. The highest BCUT2D eigenvalue weighted by Crippen LogP contribution is 2.30. The molecule has 0 aromatic rings. The van der Waals surface area contributed by atoms with Crippen LogP contribution in [0.3, 0.4) is 0 Å². The third kappa shape index (κ3) is 8.52. The summed E-state index contributed by atoms with van der Waals surface area (Å²) in [5.74, 6) is 0.185. The first-order chi connectivity index (χ1) is 11.1. The fourth-order valence-corrected chi connectivity index (χ4v) is 2.19. The number of amides is 1. The summed E-state index contributed by atoms with van der Waals surface area (Å²) in [6, 6.07) is -0.770. The Bertz CT molecular complexity index is 414. The van der Waals surface area contributed by atoms with Gasteiger partial charge in [-0.3, -0.25) is 0 Å². The molecule has 0 aromatic heterocycles. The first kappa shape index (κ1) is 20.7. The Morgan fingerprint density at radius 1 is 1.21 bits per heavy atom. The quantitative estimate of drug-likeness (QED) is 0.649. The Balaban J connectivity index is 2.42. The van der Waals surface area contributed by atoms with E-state index in [1.807, 2.05) is 6.92 Å². The van der Waals surface area contributed by atoms with Crippen molar-refractivity contribution in [3.8, 4) is 0 Å². The highest BCUT2D eigenvalue weighted by Gasteiger charge is 2.28. The van der Waals surface area contributed by atoms with E-state index in [9.17, 15) is 9.59 Å².